The molecule has 0 aliphatic carbocycles. The summed E-state index contributed by atoms with van der Waals surface area (Å²) in [6.45, 7) is 13.9. The van der Waals surface area contributed by atoms with Crippen molar-refractivity contribution in [3.8, 4) is 11.3 Å². The number of rotatable bonds is 2. The van der Waals surface area contributed by atoms with Crippen molar-refractivity contribution >= 4 is 48.2 Å². The molecule has 5 rings (SSSR count). The average molecular weight is 687 g/mol. The van der Waals surface area contributed by atoms with Crippen molar-refractivity contribution in [2.24, 2.45) is 0 Å². The zero-order chi connectivity index (χ0) is 26.2. The predicted molar refractivity (Wildman–Crippen MR) is 154 cm³/mol. The Labute approximate surface area is 236 Å². The molecule has 0 bridgehead atoms. The first-order valence-corrected chi connectivity index (χ1v) is 12.9. The monoisotopic (exact) mass is 687 g/mol. The van der Waals surface area contributed by atoms with E-state index in [1.165, 1.54) is 56.6 Å². The molecule has 2 aromatic heterocycles. The zero-order valence-corrected chi connectivity index (χ0v) is 25.5. The number of carbonyl (C=O) groups excluding carboxylic acids is 1. The van der Waals surface area contributed by atoms with Crippen molar-refractivity contribution in [1.29, 1.82) is 0 Å². The minimum atomic E-state index is -0.125. The van der Waals surface area contributed by atoms with Crippen LogP contribution in [0.25, 0.3) is 42.3 Å². The molecule has 3 aromatic carbocycles. The van der Waals surface area contributed by atoms with Crippen LogP contribution in [0.5, 0.6) is 0 Å². The van der Waals surface area contributed by atoms with Crippen LogP contribution in [-0.2, 0) is 30.3 Å². The van der Waals surface area contributed by atoms with E-state index in [2.05, 4.69) is 95.3 Å². The van der Waals surface area contributed by atoms with Crippen molar-refractivity contribution in [3.05, 3.63) is 89.2 Å². The predicted octanol–water partition coefficient (Wildman–Crippen LogP) is 9.02. The third-order valence-corrected chi connectivity index (χ3v) is 7.08. The van der Waals surface area contributed by atoms with Gasteiger partial charge in [-0.05, 0) is 48.7 Å². The van der Waals surface area contributed by atoms with Gasteiger partial charge in [-0.15, -0.1) is 46.2 Å². The third kappa shape index (κ3) is 6.54. The average Bonchev–Trinajstić information content (AvgIpc) is 3.12. The molecule has 0 aliphatic rings. The number of carbonyl (C=O) groups is 1. The molecule has 1 N–H and O–H groups in total. The van der Waals surface area contributed by atoms with Gasteiger partial charge >= 0.3 is 0 Å². The third-order valence-electron chi connectivity index (χ3n) is 5.95. The zero-order valence-electron chi connectivity index (χ0n) is 22.3. The van der Waals surface area contributed by atoms with E-state index in [1.807, 2.05) is 11.3 Å². The van der Waals surface area contributed by atoms with Crippen LogP contribution < -0.4 is 0 Å². The van der Waals surface area contributed by atoms with E-state index in [4.69, 9.17) is 10.1 Å². The van der Waals surface area contributed by atoms with Crippen LogP contribution in [0.2, 0.25) is 0 Å². The molecular formula is C32H32IrNO2S-. The van der Waals surface area contributed by atoms with Gasteiger partial charge in [0.2, 0.25) is 0 Å². The summed E-state index contributed by atoms with van der Waals surface area (Å²) < 4.78 is 2.63. The number of allylic oxidation sites excluding steroid dienone is 2. The standard InChI is InChI=1S/C27H24NS.C5H8O2.Ir/c1-16-10-17(2)12-18(11-16)23-14-22(27(3,4)5)21-13-20-19-8-6-7-9-25(19)29-26(20)15-24(21)28-23;1-4(6)3-5(2)7;/h6-11,13-15H,1-5H3;3,6H,1-2H3;/q-1;;/b;4-3-;. The van der Waals surface area contributed by atoms with Gasteiger partial charge in [0, 0.05) is 51.7 Å². The molecule has 0 spiro atoms. The second-order valence-electron chi connectivity index (χ2n) is 10.4. The minimum Gasteiger partial charge on any atom is -0.512 e. The summed E-state index contributed by atoms with van der Waals surface area (Å²) in [5.41, 5.74) is 6.91. The first-order chi connectivity index (χ1) is 16.9. The Kier molecular flexibility index (Phi) is 8.74. The van der Waals surface area contributed by atoms with Crippen LogP contribution in [0.3, 0.4) is 0 Å². The number of ketones is 1. The summed E-state index contributed by atoms with van der Waals surface area (Å²) >= 11 is 1.85. The first kappa shape index (κ1) is 28.7. The number of fused-ring (bicyclic) bond motifs is 4. The number of benzene rings is 3. The van der Waals surface area contributed by atoms with E-state index >= 15 is 0 Å². The number of hydrogen-bond donors (Lipinski definition) is 1. The van der Waals surface area contributed by atoms with Crippen LogP contribution >= 0.6 is 11.3 Å². The SMILES string of the molecule is CC(=O)/C=C(/C)O.Cc1[c-]c(-c2cc(C(C)(C)C)c3cc4c(cc3n2)sc2ccccc24)cc(C)c1.[Ir]. The number of nitrogens with zero attached hydrogens (tertiary/aromatic N) is 1. The summed E-state index contributed by atoms with van der Waals surface area (Å²) in [6, 6.07) is 23.4. The Morgan fingerprint density at radius 2 is 1.65 bits per heavy atom. The summed E-state index contributed by atoms with van der Waals surface area (Å²) in [5, 5.41) is 12.3. The molecule has 0 saturated heterocycles. The number of aromatic nitrogens is 1. The Balaban J connectivity index is 0.000000422. The quantitative estimate of drug-likeness (QED) is 0.115. The molecule has 5 heteroatoms. The number of thiophene rings is 1. The number of aryl methyl sites for hydroxylation is 2. The fraction of sp³-hybridized carbons (Fsp3) is 0.250. The van der Waals surface area contributed by atoms with Crippen LogP contribution in [0.15, 0.2) is 66.4 Å². The molecule has 5 aromatic rings. The van der Waals surface area contributed by atoms with Gasteiger partial charge in [0.05, 0.1) is 11.3 Å². The maximum absolute atomic E-state index is 10.0. The topological polar surface area (TPSA) is 50.2 Å². The first-order valence-electron chi connectivity index (χ1n) is 12.1. The van der Waals surface area contributed by atoms with Gasteiger partial charge in [0.15, 0.2) is 5.78 Å². The van der Waals surface area contributed by atoms with Gasteiger partial charge < -0.3 is 5.11 Å². The van der Waals surface area contributed by atoms with Gasteiger partial charge in [-0.1, -0.05) is 58.9 Å². The van der Waals surface area contributed by atoms with Crippen molar-refractivity contribution in [2.45, 2.75) is 53.9 Å². The van der Waals surface area contributed by atoms with Gasteiger partial charge in [-0.25, -0.2) is 0 Å². The fourth-order valence-corrected chi connectivity index (χ4v) is 5.65. The van der Waals surface area contributed by atoms with E-state index < -0.39 is 0 Å². The van der Waals surface area contributed by atoms with E-state index in [9.17, 15) is 4.79 Å². The van der Waals surface area contributed by atoms with E-state index in [0.717, 1.165) is 22.3 Å². The minimum absolute atomic E-state index is 0. The van der Waals surface area contributed by atoms with Gasteiger partial charge in [0.25, 0.3) is 0 Å². The summed E-state index contributed by atoms with van der Waals surface area (Å²) in [7, 11) is 0. The molecule has 0 unspecified atom stereocenters. The Hall–Kier alpha value is -2.85. The Morgan fingerprint density at radius 1 is 0.946 bits per heavy atom. The van der Waals surface area contributed by atoms with Gasteiger partial charge in [-0.3, -0.25) is 9.78 Å². The maximum Gasteiger partial charge on any atom is 0.155 e. The molecule has 0 fully saturated rings. The molecule has 1 radical (unpaired) electrons. The normalized spacial score (nSPS) is 11.8. The molecular weight excluding hydrogens is 655 g/mol. The number of aliphatic hydroxyl groups is 1. The molecule has 0 aliphatic heterocycles. The second-order valence-corrected chi connectivity index (χ2v) is 11.5. The van der Waals surface area contributed by atoms with Crippen LogP contribution in [-0.4, -0.2) is 15.9 Å². The smallest absolute Gasteiger partial charge is 0.155 e. The second kappa shape index (κ2) is 11.3. The maximum atomic E-state index is 10.0. The van der Waals surface area contributed by atoms with Crippen molar-refractivity contribution in [3.63, 3.8) is 0 Å². The van der Waals surface area contributed by atoms with Crippen molar-refractivity contribution < 1.29 is 30.0 Å². The van der Waals surface area contributed by atoms with E-state index in [-0.39, 0.29) is 37.1 Å². The molecule has 2 heterocycles. The molecule has 193 valence electrons. The summed E-state index contributed by atoms with van der Waals surface area (Å²) in [6.07, 6.45) is 1.17. The van der Waals surface area contributed by atoms with Gasteiger partial charge in [-0.2, -0.15) is 0 Å². The summed E-state index contributed by atoms with van der Waals surface area (Å²) in [5.74, 6) is -0.0625. The Bertz CT molecular complexity index is 1620. The summed E-state index contributed by atoms with van der Waals surface area (Å²) in [4.78, 5) is 15.1. The van der Waals surface area contributed by atoms with Gasteiger partial charge in [0.1, 0.15) is 0 Å². The number of aliphatic hydroxyl groups excluding tert-OH is 1. The van der Waals surface area contributed by atoms with E-state index in [0.29, 0.717) is 0 Å². The molecule has 0 amide bonds. The Morgan fingerprint density at radius 3 is 2.24 bits per heavy atom. The molecule has 0 saturated carbocycles. The van der Waals surface area contributed by atoms with E-state index in [1.54, 1.807) is 0 Å². The largest absolute Gasteiger partial charge is 0.512 e. The number of pyridine rings is 1. The number of hydrogen-bond acceptors (Lipinski definition) is 4. The van der Waals surface area contributed by atoms with Crippen LogP contribution in [0, 0.1) is 19.9 Å². The molecule has 37 heavy (non-hydrogen) atoms. The van der Waals surface area contributed by atoms with Crippen molar-refractivity contribution in [2.75, 3.05) is 0 Å². The fourth-order valence-electron chi connectivity index (χ4n) is 4.53. The molecule has 3 nitrogen and oxygen atoms in total. The van der Waals surface area contributed by atoms with Crippen LogP contribution in [0.4, 0.5) is 0 Å². The van der Waals surface area contributed by atoms with Crippen LogP contribution in [0.1, 0.15) is 51.3 Å². The molecule has 0 atom stereocenters. The van der Waals surface area contributed by atoms with Crippen molar-refractivity contribution in [1.82, 2.24) is 4.98 Å².